The van der Waals surface area contributed by atoms with Gasteiger partial charge in [-0.3, -0.25) is 4.79 Å². The van der Waals surface area contributed by atoms with Gasteiger partial charge in [-0.05, 0) is 67.3 Å². The summed E-state index contributed by atoms with van der Waals surface area (Å²) in [7, 11) is -3.50. The molecular weight excluding hydrogens is 462 g/mol. The molecule has 186 valence electrons. The number of hydrogen-bond donors (Lipinski definition) is 1. The van der Waals surface area contributed by atoms with E-state index in [0.29, 0.717) is 35.8 Å². The van der Waals surface area contributed by atoms with E-state index in [4.69, 9.17) is 9.47 Å². The number of nitrogens with one attached hydrogen (secondary N) is 1. The Kier molecular flexibility index (Phi) is 9.32. The first-order chi connectivity index (χ1) is 16.8. The minimum Gasteiger partial charge on any atom is -0.490 e. The first kappa shape index (κ1) is 26.3. The van der Waals surface area contributed by atoms with Crippen LogP contribution >= 0.6 is 0 Å². The zero-order valence-electron chi connectivity index (χ0n) is 20.5. The predicted molar refractivity (Wildman–Crippen MR) is 138 cm³/mol. The molecule has 0 aromatic heterocycles. The van der Waals surface area contributed by atoms with Crippen LogP contribution in [-0.2, 0) is 15.6 Å². The molecule has 35 heavy (non-hydrogen) atoms. The molecule has 1 unspecified atom stereocenters. The lowest BCUT2D eigenvalue weighted by atomic mass is 10.1. The Hall–Kier alpha value is -3.32. The number of carbonyl (C=O) groups excluding carboxylic acids is 1. The van der Waals surface area contributed by atoms with Crippen LogP contribution in [0.2, 0.25) is 0 Å². The third-order valence-electron chi connectivity index (χ3n) is 5.39. The van der Waals surface area contributed by atoms with Crippen molar-refractivity contribution in [1.29, 1.82) is 0 Å². The van der Waals surface area contributed by atoms with E-state index in [2.05, 4.69) is 5.32 Å². The molecule has 0 fully saturated rings. The predicted octanol–water partition coefficient (Wildman–Crippen LogP) is 5.73. The van der Waals surface area contributed by atoms with Gasteiger partial charge in [0.1, 0.15) is 0 Å². The average Bonchev–Trinajstić information content (AvgIpc) is 2.86. The molecule has 1 N–H and O–H groups in total. The topological polar surface area (TPSA) is 81.7 Å². The molecule has 0 radical (unpaired) electrons. The Morgan fingerprint density at radius 2 is 1.54 bits per heavy atom. The molecule has 1 atom stereocenters. The number of ether oxygens (including phenoxy) is 2. The van der Waals surface area contributed by atoms with Crippen molar-refractivity contribution in [2.45, 2.75) is 50.3 Å². The van der Waals surface area contributed by atoms with Crippen molar-refractivity contribution in [3.8, 4) is 11.5 Å². The molecule has 0 spiro atoms. The van der Waals surface area contributed by atoms with Crippen LogP contribution in [0.25, 0.3) is 0 Å². The summed E-state index contributed by atoms with van der Waals surface area (Å²) >= 11 is 0. The second-order valence-corrected chi connectivity index (χ2v) is 10.4. The molecular formula is C28H33NO5S. The smallest absolute Gasteiger partial charge is 0.251 e. The molecule has 1 amide bonds. The summed E-state index contributed by atoms with van der Waals surface area (Å²) in [6, 6.07) is 20.4. The monoisotopic (exact) mass is 495 g/mol. The maximum absolute atomic E-state index is 13.0. The second kappa shape index (κ2) is 12.4. The minimum absolute atomic E-state index is 0.176. The third-order valence-corrected chi connectivity index (χ3v) is 7.09. The Bertz CT molecular complexity index is 1230. The van der Waals surface area contributed by atoms with Crippen molar-refractivity contribution in [2.24, 2.45) is 0 Å². The van der Waals surface area contributed by atoms with E-state index in [9.17, 15) is 13.2 Å². The largest absolute Gasteiger partial charge is 0.490 e. The Morgan fingerprint density at radius 1 is 0.857 bits per heavy atom. The maximum Gasteiger partial charge on any atom is 0.251 e. The number of sulfone groups is 1. The van der Waals surface area contributed by atoms with E-state index < -0.39 is 9.84 Å². The van der Waals surface area contributed by atoms with Gasteiger partial charge in [0.25, 0.3) is 5.91 Å². The average molecular weight is 496 g/mol. The van der Waals surface area contributed by atoms with Crippen LogP contribution in [0.4, 0.5) is 0 Å². The van der Waals surface area contributed by atoms with Crippen LogP contribution in [0.1, 0.15) is 61.1 Å². The number of carbonyl (C=O) groups is 1. The zero-order valence-corrected chi connectivity index (χ0v) is 21.3. The van der Waals surface area contributed by atoms with Gasteiger partial charge in [0, 0.05) is 5.56 Å². The van der Waals surface area contributed by atoms with E-state index in [1.54, 1.807) is 54.6 Å². The SMILES string of the molecule is CCCOc1ccc(C(C)NC(=O)c2cccc(CS(=O)(=O)c3ccccc3)c2)cc1OCCC. The number of hydrogen-bond acceptors (Lipinski definition) is 5. The summed E-state index contributed by atoms with van der Waals surface area (Å²) < 4.78 is 37.1. The van der Waals surface area contributed by atoms with Crippen LogP contribution in [-0.4, -0.2) is 27.5 Å². The first-order valence-electron chi connectivity index (χ1n) is 11.9. The van der Waals surface area contributed by atoms with Crippen LogP contribution in [0.5, 0.6) is 11.5 Å². The van der Waals surface area contributed by atoms with Gasteiger partial charge < -0.3 is 14.8 Å². The number of rotatable bonds is 12. The molecule has 0 bridgehead atoms. The summed E-state index contributed by atoms with van der Waals surface area (Å²) in [5.41, 5.74) is 1.85. The van der Waals surface area contributed by atoms with Crippen molar-refractivity contribution < 1.29 is 22.7 Å². The maximum atomic E-state index is 13.0. The molecule has 0 aliphatic carbocycles. The fraction of sp³-hybridized carbons (Fsp3) is 0.321. The number of benzene rings is 3. The molecule has 3 aromatic carbocycles. The van der Waals surface area contributed by atoms with E-state index in [0.717, 1.165) is 18.4 Å². The second-order valence-electron chi connectivity index (χ2n) is 8.37. The first-order valence-corrected chi connectivity index (χ1v) is 13.6. The lowest BCUT2D eigenvalue weighted by molar-refractivity contribution is 0.0939. The van der Waals surface area contributed by atoms with Crippen LogP contribution in [0.3, 0.4) is 0 Å². The van der Waals surface area contributed by atoms with Crippen molar-refractivity contribution in [2.75, 3.05) is 13.2 Å². The van der Waals surface area contributed by atoms with Crippen LogP contribution in [0, 0.1) is 0 Å². The van der Waals surface area contributed by atoms with Gasteiger partial charge in [-0.1, -0.05) is 50.2 Å². The molecule has 3 aromatic rings. The summed E-state index contributed by atoms with van der Waals surface area (Å²) in [6.07, 6.45) is 1.77. The highest BCUT2D eigenvalue weighted by Crippen LogP contribution is 2.31. The van der Waals surface area contributed by atoms with E-state index in [1.165, 1.54) is 0 Å². The standard InChI is InChI=1S/C28H33NO5S/c1-4-16-33-26-15-14-23(19-27(26)34-17-5-2)21(3)29-28(30)24-11-9-10-22(18-24)20-35(31,32)25-12-7-6-8-13-25/h6-15,18-19,21H,4-5,16-17,20H2,1-3H3,(H,29,30). The summed E-state index contributed by atoms with van der Waals surface area (Å²) in [6.45, 7) is 7.16. The normalized spacial score (nSPS) is 12.1. The van der Waals surface area contributed by atoms with Crippen molar-refractivity contribution in [3.63, 3.8) is 0 Å². The van der Waals surface area contributed by atoms with Crippen molar-refractivity contribution >= 4 is 15.7 Å². The molecule has 0 aliphatic heterocycles. The highest BCUT2D eigenvalue weighted by molar-refractivity contribution is 7.90. The molecule has 7 heteroatoms. The molecule has 0 saturated heterocycles. The lowest BCUT2D eigenvalue weighted by Crippen LogP contribution is -2.26. The fourth-order valence-corrected chi connectivity index (χ4v) is 4.90. The summed E-state index contributed by atoms with van der Waals surface area (Å²) in [5, 5.41) is 3.00. The van der Waals surface area contributed by atoms with E-state index in [1.807, 2.05) is 39.0 Å². The third kappa shape index (κ3) is 7.33. The highest BCUT2D eigenvalue weighted by atomic mass is 32.2. The van der Waals surface area contributed by atoms with E-state index >= 15 is 0 Å². The Labute approximate surface area is 208 Å². The molecule has 0 saturated carbocycles. The highest BCUT2D eigenvalue weighted by Gasteiger charge is 2.18. The Balaban J connectivity index is 1.73. The molecule has 0 aliphatic rings. The lowest BCUT2D eigenvalue weighted by Gasteiger charge is -2.18. The van der Waals surface area contributed by atoms with Crippen LogP contribution in [0.15, 0.2) is 77.7 Å². The van der Waals surface area contributed by atoms with Gasteiger partial charge in [-0.2, -0.15) is 0 Å². The fourth-order valence-electron chi connectivity index (χ4n) is 3.55. The molecule has 6 nitrogen and oxygen atoms in total. The van der Waals surface area contributed by atoms with Crippen molar-refractivity contribution in [1.82, 2.24) is 5.32 Å². The molecule has 0 heterocycles. The number of amides is 1. The van der Waals surface area contributed by atoms with Gasteiger partial charge in [-0.15, -0.1) is 0 Å². The van der Waals surface area contributed by atoms with Gasteiger partial charge in [-0.25, -0.2) is 8.42 Å². The van der Waals surface area contributed by atoms with Crippen molar-refractivity contribution in [3.05, 3.63) is 89.5 Å². The zero-order chi connectivity index (χ0) is 25.3. The summed E-state index contributed by atoms with van der Waals surface area (Å²) in [5.74, 6) is 0.895. The van der Waals surface area contributed by atoms with Gasteiger partial charge in [0.05, 0.1) is 29.9 Å². The van der Waals surface area contributed by atoms with Gasteiger partial charge >= 0.3 is 0 Å². The van der Waals surface area contributed by atoms with Crippen LogP contribution < -0.4 is 14.8 Å². The van der Waals surface area contributed by atoms with E-state index in [-0.39, 0.29) is 22.6 Å². The minimum atomic E-state index is -3.50. The van der Waals surface area contributed by atoms with Gasteiger partial charge in [0.15, 0.2) is 21.3 Å². The quantitative estimate of drug-likeness (QED) is 0.347. The van der Waals surface area contributed by atoms with Gasteiger partial charge in [0.2, 0.25) is 0 Å². The summed E-state index contributed by atoms with van der Waals surface area (Å²) in [4.78, 5) is 13.2. The Morgan fingerprint density at radius 3 is 2.23 bits per heavy atom. The molecule has 3 rings (SSSR count).